The normalized spacial score (nSPS) is 20.4. The first-order valence-corrected chi connectivity index (χ1v) is 4.55. The molecule has 0 spiro atoms. The van der Waals surface area contributed by atoms with E-state index in [1.54, 1.807) is 0 Å². The molecule has 1 fully saturated rings. The van der Waals surface area contributed by atoms with E-state index < -0.39 is 0 Å². The number of hydrogen-bond acceptors (Lipinski definition) is 2. The summed E-state index contributed by atoms with van der Waals surface area (Å²) in [5, 5.41) is 3.24. The maximum absolute atomic E-state index is 5.28. The molecule has 0 radical (unpaired) electrons. The van der Waals surface area contributed by atoms with Gasteiger partial charge in [0, 0.05) is 12.6 Å². The fourth-order valence-electron chi connectivity index (χ4n) is 1.22. The predicted molar refractivity (Wildman–Crippen MR) is 50.6 cm³/mol. The van der Waals surface area contributed by atoms with Crippen molar-refractivity contribution in [2.24, 2.45) is 16.8 Å². The van der Waals surface area contributed by atoms with Crippen molar-refractivity contribution in [2.45, 2.75) is 32.7 Å². The Hall–Kier alpha value is -0.770. The van der Waals surface area contributed by atoms with E-state index in [1.807, 2.05) is 6.92 Å². The van der Waals surface area contributed by atoms with E-state index in [9.17, 15) is 0 Å². The molecule has 0 amide bonds. The zero-order valence-electron chi connectivity index (χ0n) is 7.80. The van der Waals surface area contributed by atoms with Crippen LogP contribution in [0.1, 0.15) is 26.7 Å². The van der Waals surface area contributed by atoms with Crippen molar-refractivity contribution in [2.75, 3.05) is 6.54 Å². The molecular formula is C8H18N4. The Morgan fingerprint density at radius 2 is 2.33 bits per heavy atom. The number of nitrogens with two attached hydrogens (primary N) is 1. The van der Waals surface area contributed by atoms with E-state index in [0.717, 1.165) is 12.5 Å². The van der Waals surface area contributed by atoms with Crippen LogP contribution in [0, 0.1) is 5.92 Å². The molecule has 1 aliphatic rings. The Labute approximate surface area is 73.6 Å². The molecule has 1 atom stereocenters. The second-order valence-corrected chi connectivity index (χ2v) is 3.24. The average Bonchev–Trinajstić information content (AvgIpc) is 2.85. The number of guanidine groups is 1. The van der Waals surface area contributed by atoms with Gasteiger partial charge in [-0.05, 0) is 32.6 Å². The molecule has 0 aromatic carbocycles. The lowest BCUT2D eigenvalue weighted by Crippen LogP contribution is -2.46. The Bertz CT molecular complexity index is 162. The third-order valence-electron chi connectivity index (χ3n) is 2.15. The van der Waals surface area contributed by atoms with Crippen LogP contribution in [0.4, 0.5) is 0 Å². The second kappa shape index (κ2) is 4.30. The lowest BCUT2D eigenvalue weighted by Gasteiger charge is -2.15. The summed E-state index contributed by atoms with van der Waals surface area (Å²) in [6.45, 7) is 4.91. The summed E-state index contributed by atoms with van der Waals surface area (Å²) < 4.78 is 0. The van der Waals surface area contributed by atoms with Gasteiger partial charge in [0.1, 0.15) is 0 Å². The van der Waals surface area contributed by atoms with Gasteiger partial charge in [-0.15, -0.1) is 0 Å². The standard InChI is InChI=1S/C8H18N4/c1-3-10-8(12-9)11-6(2)7-4-5-7/h6-7H,3-5,9H2,1-2H3,(H2,10,11,12). The number of aliphatic imine (C=N–C) groups is 1. The molecule has 1 aliphatic carbocycles. The average molecular weight is 170 g/mol. The largest absolute Gasteiger partial charge is 0.353 e. The highest BCUT2D eigenvalue weighted by molar-refractivity contribution is 5.79. The van der Waals surface area contributed by atoms with Crippen molar-refractivity contribution in [3.63, 3.8) is 0 Å². The Balaban J connectivity index is 2.30. The van der Waals surface area contributed by atoms with Crippen LogP contribution in [-0.4, -0.2) is 18.5 Å². The summed E-state index contributed by atoms with van der Waals surface area (Å²) in [5.41, 5.74) is 2.56. The van der Waals surface area contributed by atoms with Gasteiger partial charge in [-0.2, -0.15) is 0 Å². The Kier molecular flexibility index (Phi) is 3.34. The number of hydrazine groups is 1. The van der Waals surface area contributed by atoms with E-state index in [1.165, 1.54) is 12.8 Å². The highest BCUT2D eigenvalue weighted by Crippen LogP contribution is 2.32. The maximum atomic E-state index is 5.28. The topological polar surface area (TPSA) is 62.4 Å². The van der Waals surface area contributed by atoms with E-state index in [2.05, 4.69) is 22.7 Å². The molecule has 4 heteroatoms. The molecule has 70 valence electrons. The molecule has 1 saturated carbocycles. The number of hydrogen-bond donors (Lipinski definition) is 3. The second-order valence-electron chi connectivity index (χ2n) is 3.24. The van der Waals surface area contributed by atoms with Crippen LogP contribution in [0.25, 0.3) is 0 Å². The molecule has 0 aromatic heterocycles. The van der Waals surface area contributed by atoms with Gasteiger partial charge in [-0.3, -0.25) is 10.4 Å². The van der Waals surface area contributed by atoms with Crippen molar-refractivity contribution in [1.82, 2.24) is 10.7 Å². The minimum atomic E-state index is 0.492. The van der Waals surface area contributed by atoms with Gasteiger partial charge in [0.25, 0.3) is 0 Å². The highest BCUT2D eigenvalue weighted by atomic mass is 15.3. The van der Waals surface area contributed by atoms with Crippen molar-refractivity contribution in [1.29, 1.82) is 0 Å². The molecule has 12 heavy (non-hydrogen) atoms. The van der Waals surface area contributed by atoms with Gasteiger partial charge >= 0.3 is 0 Å². The van der Waals surface area contributed by atoms with E-state index in [0.29, 0.717) is 12.0 Å². The number of nitrogens with zero attached hydrogens (tertiary/aromatic N) is 1. The van der Waals surface area contributed by atoms with Gasteiger partial charge < -0.3 is 5.32 Å². The van der Waals surface area contributed by atoms with Gasteiger partial charge in [-0.1, -0.05) is 0 Å². The summed E-state index contributed by atoms with van der Waals surface area (Å²) in [5.74, 6) is 6.81. The van der Waals surface area contributed by atoms with E-state index >= 15 is 0 Å². The first kappa shape index (κ1) is 9.32. The maximum Gasteiger partial charge on any atom is 0.205 e. The van der Waals surface area contributed by atoms with Gasteiger partial charge in [0.15, 0.2) is 0 Å². The van der Waals surface area contributed by atoms with Crippen LogP contribution in [0.15, 0.2) is 4.99 Å². The molecule has 0 aromatic rings. The quantitative estimate of drug-likeness (QED) is 0.246. The molecule has 0 bridgehead atoms. The lowest BCUT2D eigenvalue weighted by molar-refractivity contribution is 0.575. The summed E-state index contributed by atoms with van der Waals surface area (Å²) in [4.78, 5) is 4.16. The van der Waals surface area contributed by atoms with Crippen molar-refractivity contribution >= 4 is 5.96 Å². The third kappa shape index (κ3) is 2.70. The fraction of sp³-hybridized carbons (Fsp3) is 0.875. The van der Waals surface area contributed by atoms with Crippen molar-refractivity contribution in [3.05, 3.63) is 0 Å². The molecule has 0 heterocycles. The van der Waals surface area contributed by atoms with E-state index in [-0.39, 0.29) is 0 Å². The predicted octanol–water partition coefficient (Wildman–Crippen LogP) is 0.214. The fourth-order valence-corrected chi connectivity index (χ4v) is 1.22. The van der Waals surface area contributed by atoms with Crippen LogP contribution >= 0.6 is 0 Å². The van der Waals surface area contributed by atoms with E-state index in [4.69, 9.17) is 5.84 Å². The van der Waals surface area contributed by atoms with Crippen LogP contribution in [0.2, 0.25) is 0 Å². The minimum absolute atomic E-state index is 0.492. The lowest BCUT2D eigenvalue weighted by atomic mass is 10.2. The van der Waals surface area contributed by atoms with Crippen LogP contribution in [0.5, 0.6) is 0 Å². The zero-order valence-corrected chi connectivity index (χ0v) is 7.80. The first-order valence-electron chi connectivity index (χ1n) is 4.55. The monoisotopic (exact) mass is 170 g/mol. The minimum Gasteiger partial charge on any atom is -0.353 e. The summed E-state index contributed by atoms with van der Waals surface area (Å²) >= 11 is 0. The smallest absolute Gasteiger partial charge is 0.205 e. The summed E-state index contributed by atoms with van der Waals surface area (Å²) in [7, 11) is 0. The summed E-state index contributed by atoms with van der Waals surface area (Å²) in [6, 6.07) is 0.492. The van der Waals surface area contributed by atoms with Crippen LogP contribution in [0.3, 0.4) is 0 Å². The Morgan fingerprint density at radius 3 is 2.75 bits per heavy atom. The molecule has 0 aliphatic heterocycles. The molecular weight excluding hydrogens is 152 g/mol. The molecule has 1 rings (SSSR count). The first-order chi connectivity index (χ1) is 5.77. The number of nitrogens with one attached hydrogen (secondary N) is 2. The zero-order chi connectivity index (χ0) is 8.97. The van der Waals surface area contributed by atoms with Gasteiger partial charge in [0.2, 0.25) is 5.96 Å². The van der Waals surface area contributed by atoms with Crippen molar-refractivity contribution < 1.29 is 0 Å². The van der Waals surface area contributed by atoms with Gasteiger partial charge in [0.05, 0.1) is 0 Å². The van der Waals surface area contributed by atoms with Crippen LogP contribution in [-0.2, 0) is 0 Å². The summed E-state index contributed by atoms with van der Waals surface area (Å²) in [6.07, 6.45) is 2.66. The van der Waals surface area contributed by atoms with Gasteiger partial charge in [-0.25, -0.2) is 5.84 Å². The third-order valence-corrected chi connectivity index (χ3v) is 2.15. The molecule has 0 saturated heterocycles. The molecule has 1 unspecified atom stereocenters. The number of rotatable bonds is 3. The molecule has 4 N–H and O–H groups in total. The van der Waals surface area contributed by atoms with Crippen molar-refractivity contribution in [3.8, 4) is 0 Å². The van der Waals surface area contributed by atoms with Crippen LogP contribution < -0.4 is 16.6 Å². The highest BCUT2D eigenvalue weighted by Gasteiger charge is 2.28. The molecule has 4 nitrogen and oxygen atoms in total. The SMILES string of the molecule is CCN=C(NN)NC(C)C1CC1. The Morgan fingerprint density at radius 1 is 1.67 bits per heavy atom.